The van der Waals surface area contributed by atoms with E-state index < -0.39 is 0 Å². The topological polar surface area (TPSA) is 47.8 Å². The number of carbonyl (C=O) groups is 1. The van der Waals surface area contributed by atoms with E-state index in [0.717, 1.165) is 25.1 Å². The lowest BCUT2D eigenvalue weighted by Crippen LogP contribution is -2.19. The Morgan fingerprint density at radius 1 is 1.54 bits per heavy atom. The Hall–Kier alpha value is -1.19. The number of rotatable bonds is 1. The minimum Gasteiger partial charge on any atom is -0.306 e. The highest BCUT2D eigenvalue weighted by molar-refractivity contribution is 5.90. The van der Waals surface area contributed by atoms with Crippen LogP contribution in [0, 0.1) is 0 Å². The summed E-state index contributed by atoms with van der Waals surface area (Å²) in [4.78, 5) is 11.2. The van der Waals surface area contributed by atoms with Crippen LogP contribution in [-0.4, -0.2) is 20.5 Å². The van der Waals surface area contributed by atoms with Gasteiger partial charge in [-0.2, -0.15) is 0 Å². The second-order valence-corrected chi connectivity index (χ2v) is 3.61. The fraction of sp³-hybridized carbons (Fsp3) is 0.667. The quantitative estimate of drug-likeness (QED) is 0.612. The van der Waals surface area contributed by atoms with Crippen LogP contribution in [0.3, 0.4) is 0 Å². The van der Waals surface area contributed by atoms with Crippen LogP contribution < -0.4 is 0 Å². The van der Waals surface area contributed by atoms with Crippen molar-refractivity contribution in [3.05, 3.63) is 11.6 Å². The van der Waals surface area contributed by atoms with Crippen LogP contribution in [0.25, 0.3) is 0 Å². The molecular weight excluding hydrogens is 166 g/mol. The van der Waals surface area contributed by atoms with Gasteiger partial charge in [-0.15, -0.1) is 10.2 Å². The van der Waals surface area contributed by atoms with Gasteiger partial charge >= 0.3 is 0 Å². The van der Waals surface area contributed by atoms with Crippen LogP contribution in [0.1, 0.15) is 49.2 Å². The molecule has 1 aliphatic rings. The monoisotopic (exact) mass is 179 g/mol. The summed E-state index contributed by atoms with van der Waals surface area (Å²) in [5, 5.41) is 7.93. The van der Waals surface area contributed by atoms with Crippen molar-refractivity contribution in [1.29, 1.82) is 0 Å². The maximum absolute atomic E-state index is 11.2. The third-order valence-electron chi connectivity index (χ3n) is 2.54. The van der Waals surface area contributed by atoms with Gasteiger partial charge in [-0.1, -0.05) is 0 Å². The molecule has 0 aromatic carbocycles. The maximum Gasteiger partial charge on any atom is 0.200 e. The lowest BCUT2D eigenvalue weighted by Gasteiger charge is -2.21. The Balaban J connectivity index is 2.50. The van der Waals surface area contributed by atoms with Gasteiger partial charge in [0.15, 0.2) is 11.6 Å². The van der Waals surface area contributed by atoms with Crippen molar-refractivity contribution >= 4 is 5.78 Å². The number of hydrogen-bond donors (Lipinski definition) is 0. The summed E-state index contributed by atoms with van der Waals surface area (Å²) in [6, 6.07) is 0.373. The summed E-state index contributed by atoms with van der Waals surface area (Å²) in [7, 11) is 0. The molecule has 2 rings (SSSR count). The Labute approximate surface area is 77.0 Å². The molecule has 13 heavy (non-hydrogen) atoms. The van der Waals surface area contributed by atoms with Gasteiger partial charge in [-0.05, 0) is 19.8 Å². The van der Waals surface area contributed by atoms with E-state index in [2.05, 4.69) is 17.1 Å². The largest absolute Gasteiger partial charge is 0.306 e. The molecule has 0 saturated heterocycles. The van der Waals surface area contributed by atoms with E-state index >= 15 is 0 Å². The highest BCUT2D eigenvalue weighted by Crippen LogP contribution is 2.24. The average Bonchev–Trinajstić information content (AvgIpc) is 2.49. The maximum atomic E-state index is 11.2. The van der Waals surface area contributed by atoms with Gasteiger partial charge in [0.1, 0.15) is 5.82 Å². The van der Waals surface area contributed by atoms with E-state index in [1.54, 1.807) is 6.92 Å². The molecule has 1 atom stereocenters. The molecule has 0 spiro atoms. The SMILES string of the molecule is CC(=O)c1nnc2n1C(C)CCC2. The van der Waals surface area contributed by atoms with E-state index in [9.17, 15) is 4.79 Å². The number of fused-ring (bicyclic) bond motifs is 1. The fourth-order valence-electron chi connectivity index (χ4n) is 1.88. The van der Waals surface area contributed by atoms with Crippen molar-refractivity contribution in [2.24, 2.45) is 0 Å². The number of aryl methyl sites for hydroxylation is 1. The minimum absolute atomic E-state index is 0.00694. The van der Waals surface area contributed by atoms with E-state index in [-0.39, 0.29) is 5.78 Å². The van der Waals surface area contributed by atoms with E-state index in [1.807, 2.05) is 4.57 Å². The predicted molar refractivity (Wildman–Crippen MR) is 47.7 cm³/mol. The molecule has 0 N–H and O–H groups in total. The first-order valence-corrected chi connectivity index (χ1v) is 4.65. The second kappa shape index (κ2) is 2.94. The van der Waals surface area contributed by atoms with E-state index in [1.165, 1.54) is 0 Å². The van der Waals surface area contributed by atoms with Crippen LogP contribution in [0.5, 0.6) is 0 Å². The lowest BCUT2D eigenvalue weighted by atomic mass is 10.1. The first kappa shape index (κ1) is 8.41. The molecule has 0 saturated carbocycles. The lowest BCUT2D eigenvalue weighted by molar-refractivity contribution is 0.0996. The van der Waals surface area contributed by atoms with Gasteiger partial charge in [-0.25, -0.2) is 0 Å². The van der Waals surface area contributed by atoms with Crippen LogP contribution >= 0.6 is 0 Å². The molecule has 0 bridgehead atoms. The number of aromatic nitrogens is 3. The Bertz CT molecular complexity index is 343. The van der Waals surface area contributed by atoms with Gasteiger partial charge in [-0.3, -0.25) is 4.79 Å². The number of hydrogen-bond acceptors (Lipinski definition) is 3. The Morgan fingerprint density at radius 3 is 3.00 bits per heavy atom. The smallest absolute Gasteiger partial charge is 0.200 e. The molecule has 4 heteroatoms. The summed E-state index contributed by atoms with van der Waals surface area (Å²) < 4.78 is 1.98. The van der Waals surface area contributed by atoms with Crippen LogP contribution in [0.4, 0.5) is 0 Å². The third kappa shape index (κ3) is 1.26. The normalized spacial score (nSPS) is 21.2. The van der Waals surface area contributed by atoms with Gasteiger partial charge < -0.3 is 4.57 Å². The standard InChI is InChI=1S/C9H13N3O/c1-6-4-3-5-8-10-11-9(7(2)13)12(6)8/h6H,3-5H2,1-2H3. The van der Waals surface area contributed by atoms with Crippen LogP contribution in [0.15, 0.2) is 0 Å². The molecule has 70 valence electrons. The van der Waals surface area contributed by atoms with Gasteiger partial charge in [0.2, 0.25) is 0 Å². The number of Topliss-reactive ketones (excluding diaryl/α,β-unsaturated/α-hetero) is 1. The molecule has 0 aliphatic carbocycles. The zero-order valence-corrected chi connectivity index (χ0v) is 7.95. The molecule has 0 amide bonds. The number of carbonyl (C=O) groups excluding carboxylic acids is 1. The van der Waals surface area contributed by atoms with Crippen LogP contribution in [0.2, 0.25) is 0 Å². The molecular formula is C9H13N3O. The second-order valence-electron chi connectivity index (χ2n) is 3.61. The van der Waals surface area contributed by atoms with Gasteiger partial charge in [0, 0.05) is 19.4 Å². The fourth-order valence-corrected chi connectivity index (χ4v) is 1.88. The van der Waals surface area contributed by atoms with Crippen molar-refractivity contribution in [2.75, 3.05) is 0 Å². The highest BCUT2D eigenvalue weighted by atomic mass is 16.1. The first-order chi connectivity index (χ1) is 6.20. The minimum atomic E-state index is 0.00694. The van der Waals surface area contributed by atoms with Crippen molar-refractivity contribution in [1.82, 2.24) is 14.8 Å². The summed E-state index contributed by atoms with van der Waals surface area (Å²) in [5.74, 6) is 1.48. The van der Waals surface area contributed by atoms with Crippen molar-refractivity contribution < 1.29 is 4.79 Å². The van der Waals surface area contributed by atoms with Gasteiger partial charge in [0.05, 0.1) is 0 Å². The molecule has 1 unspecified atom stereocenters. The summed E-state index contributed by atoms with van der Waals surface area (Å²) in [5.41, 5.74) is 0. The number of ketones is 1. The molecule has 1 aliphatic heterocycles. The molecule has 4 nitrogen and oxygen atoms in total. The number of nitrogens with zero attached hydrogens (tertiary/aromatic N) is 3. The molecule has 0 fully saturated rings. The molecule has 1 aromatic rings. The molecule has 1 aromatic heterocycles. The third-order valence-corrected chi connectivity index (χ3v) is 2.54. The zero-order valence-electron chi connectivity index (χ0n) is 7.95. The zero-order chi connectivity index (χ0) is 9.42. The highest BCUT2D eigenvalue weighted by Gasteiger charge is 2.22. The molecule has 0 radical (unpaired) electrons. The van der Waals surface area contributed by atoms with Crippen molar-refractivity contribution in [3.8, 4) is 0 Å². The predicted octanol–water partition coefficient (Wildman–Crippen LogP) is 1.38. The van der Waals surface area contributed by atoms with Crippen molar-refractivity contribution in [2.45, 2.75) is 39.2 Å². The first-order valence-electron chi connectivity index (χ1n) is 4.65. The van der Waals surface area contributed by atoms with E-state index in [0.29, 0.717) is 11.9 Å². The Morgan fingerprint density at radius 2 is 2.31 bits per heavy atom. The summed E-state index contributed by atoms with van der Waals surface area (Å²) in [6.45, 7) is 3.65. The summed E-state index contributed by atoms with van der Waals surface area (Å²) >= 11 is 0. The molecule has 2 heterocycles. The average molecular weight is 179 g/mol. The van der Waals surface area contributed by atoms with E-state index in [4.69, 9.17) is 0 Å². The summed E-state index contributed by atoms with van der Waals surface area (Å²) in [6.07, 6.45) is 3.22. The van der Waals surface area contributed by atoms with Crippen LogP contribution in [-0.2, 0) is 6.42 Å². The van der Waals surface area contributed by atoms with Gasteiger partial charge in [0.25, 0.3) is 0 Å². The van der Waals surface area contributed by atoms with Crippen molar-refractivity contribution in [3.63, 3.8) is 0 Å². The Kier molecular flexibility index (Phi) is 1.90.